The Morgan fingerprint density at radius 2 is 1.74 bits per heavy atom. The number of halogens is 3. The number of nitrogens with zero attached hydrogens (tertiary/aromatic N) is 2. The SMILES string of the molecule is COc1ccc(-c2cc(C(=O)CCCCN3CCN(c4cccc(Cl)c4Cl)CC3)c(C)[nH]2)cc1.Cl. The Morgan fingerprint density at radius 1 is 1.03 bits per heavy atom. The lowest BCUT2D eigenvalue weighted by Gasteiger charge is -2.36. The number of H-pyrrole nitrogens is 1. The number of rotatable bonds is 9. The van der Waals surface area contributed by atoms with Crippen molar-refractivity contribution in [1.82, 2.24) is 9.88 Å². The van der Waals surface area contributed by atoms with Gasteiger partial charge in [0.15, 0.2) is 5.78 Å². The maximum Gasteiger partial charge on any atom is 0.164 e. The Hall–Kier alpha value is -2.18. The van der Waals surface area contributed by atoms with Crippen molar-refractivity contribution in [3.63, 3.8) is 0 Å². The van der Waals surface area contributed by atoms with Crippen LogP contribution in [0.15, 0.2) is 48.5 Å². The van der Waals surface area contributed by atoms with E-state index >= 15 is 0 Å². The molecule has 35 heavy (non-hydrogen) atoms. The predicted molar refractivity (Wildman–Crippen MR) is 148 cm³/mol. The van der Waals surface area contributed by atoms with Crippen LogP contribution in [0.3, 0.4) is 0 Å². The van der Waals surface area contributed by atoms with Crippen molar-refractivity contribution in [2.75, 3.05) is 44.7 Å². The van der Waals surface area contributed by atoms with Crippen LogP contribution in [0, 0.1) is 6.92 Å². The summed E-state index contributed by atoms with van der Waals surface area (Å²) in [7, 11) is 1.65. The van der Waals surface area contributed by atoms with E-state index in [1.807, 2.05) is 55.5 Å². The molecule has 0 bridgehead atoms. The molecule has 0 amide bonds. The molecule has 8 heteroatoms. The zero-order chi connectivity index (χ0) is 24.1. The number of aromatic nitrogens is 1. The van der Waals surface area contributed by atoms with Crippen molar-refractivity contribution in [3.05, 3.63) is 69.8 Å². The predicted octanol–water partition coefficient (Wildman–Crippen LogP) is 6.90. The molecule has 2 aromatic carbocycles. The average molecular weight is 537 g/mol. The van der Waals surface area contributed by atoms with E-state index in [0.717, 1.165) is 79.5 Å². The van der Waals surface area contributed by atoms with E-state index in [4.69, 9.17) is 27.9 Å². The van der Waals surface area contributed by atoms with Gasteiger partial charge in [-0.3, -0.25) is 9.69 Å². The number of aromatic amines is 1. The first-order chi connectivity index (χ1) is 16.5. The lowest BCUT2D eigenvalue weighted by Crippen LogP contribution is -2.46. The highest BCUT2D eigenvalue weighted by atomic mass is 35.5. The Balaban J connectivity index is 0.00000342. The Bertz CT molecular complexity index is 1120. The number of Topliss-reactive ketones (excluding diaryl/α,β-unsaturated/α-hetero) is 1. The van der Waals surface area contributed by atoms with E-state index in [1.54, 1.807) is 7.11 Å². The molecule has 1 fully saturated rings. The van der Waals surface area contributed by atoms with Crippen molar-refractivity contribution in [2.24, 2.45) is 0 Å². The number of carbonyl (C=O) groups is 1. The topological polar surface area (TPSA) is 48.6 Å². The molecule has 1 aromatic heterocycles. The second kappa shape index (κ2) is 12.7. The Morgan fingerprint density at radius 3 is 2.43 bits per heavy atom. The zero-order valence-corrected chi connectivity index (χ0v) is 22.5. The average Bonchev–Trinajstić information content (AvgIpc) is 3.25. The summed E-state index contributed by atoms with van der Waals surface area (Å²) in [5.41, 5.74) is 4.72. The molecule has 4 rings (SSSR count). The zero-order valence-electron chi connectivity index (χ0n) is 20.2. The minimum atomic E-state index is 0. The number of aryl methyl sites for hydroxylation is 1. The molecule has 0 aliphatic carbocycles. The highest BCUT2D eigenvalue weighted by molar-refractivity contribution is 6.43. The first-order valence-electron chi connectivity index (χ1n) is 11.7. The van der Waals surface area contributed by atoms with E-state index in [9.17, 15) is 4.79 Å². The van der Waals surface area contributed by atoms with Crippen molar-refractivity contribution >= 4 is 47.1 Å². The number of carbonyl (C=O) groups excluding carboxylic acids is 1. The number of hydrogen-bond acceptors (Lipinski definition) is 4. The van der Waals surface area contributed by atoms with Gasteiger partial charge in [-0.05, 0) is 74.3 Å². The molecule has 1 aliphatic heterocycles. The summed E-state index contributed by atoms with van der Waals surface area (Å²) in [6, 6.07) is 15.6. The third-order valence-corrected chi connectivity index (χ3v) is 7.30. The van der Waals surface area contributed by atoms with E-state index < -0.39 is 0 Å². The largest absolute Gasteiger partial charge is 0.497 e. The van der Waals surface area contributed by atoms with Crippen LogP contribution in [-0.2, 0) is 0 Å². The van der Waals surface area contributed by atoms with E-state index in [1.165, 1.54) is 0 Å². The van der Waals surface area contributed by atoms with Gasteiger partial charge in [0.1, 0.15) is 5.75 Å². The fourth-order valence-corrected chi connectivity index (χ4v) is 4.89. The van der Waals surface area contributed by atoms with Gasteiger partial charge in [0.2, 0.25) is 0 Å². The fourth-order valence-electron chi connectivity index (χ4n) is 4.48. The summed E-state index contributed by atoms with van der Waals surface area (Å²) in [4.78, 5) is 20.9. The number of piperazine rings is 1. The molecule has 0 radical (unpaired) electrons. The normalized spacial score (nSPS) is 14.0. The van der Waals surface area contributed by atoms with Gasteiger partial charge in [-0.25, -0.2) is 0 Å². The second-order valence-corrected chi connectivity index (χ2v) is 9.52. The van der Waals surface area contributed by atoms with Crippen LogP contribution in [-0.4, -0.2) is 55.5 Å². The van der Waals surface area contributed by atoms with Gasteiger partial charge < -0.3 is 14.6 Å². The van der Waals surface area contributed by atoms with E-state index in [2.05, 4.69) is 14.8 Å². The number of anilines is 1. The van der Waals surface area contributed by atoms with Crippen LogP contribution < -0.4 is 9.64 Å². The van der Waals surface area contributed by atoms with Crippen molar-refractivity contribution in [3.8, 4) is 17.0 Å². The minimum Gasteiger partial charge on any atom is -0.497 e. The molecular formula is C27H32Cl3N3O2. The molecule has 0 atom stereocenters. The number of hydrogen-bond donors (Lipinski definition) is 1. The summed E-state index contributed by atoms with van der Waals surface area (Å²) >= 11 is 12.5. The van der Waals surface area contributed by atoms with Gasteiger partial charge in [-0.15, -0.1) is 12.4 Å². The van der Waals surface area contributed by atoms with E-state index in [0.29, 0.717) is 16.5 Å². The van der Waals surface area contributed by atoms with Gasteiger partial charge >= 0.3 is 0 Å². The summed E-state index contributed by atoms with van der Waals surface area (Å²) < 4.78 is 5.23. The van der Waals surface area contributed by atoms with Crippen molar-refractivity contribution in [1.29, 1.82) is 0 Å². The van der Waals surface area contributed by atoms with Crippen LogP contribution in [0.4, 0.5) is 5.69 Å². The number of nitrogens with one attached hydrogen (secondary N) is 1. The molecule has 0 spiro atoms. The first-order valence-corrected chi connectivity index (χ1v) is 12.5. The molecule has 1 aliphatic rings. The fraction of sp³-hybridized carbons (Fsp3) is 0.370. The molecule has 5 nitrogen and oxygen atoms in total. The highest BCUT2D eigenvalue weighted by Crippen LogP contribution is 2.33. The number of benzene rings is 2. The van der Waals surface area contributed by atoms with Gasteiger partial charge in [-0.1, -0.05) is 29.3 Å². The first kappa shape index (κ1) is 27.4. The maximum atomic E-state index is 12.8. The number of unbranched alkanes of at least 4 members (excludes halogenated alkanes) is 1. The van der Waals surface area contributed by atoms with Gasteiger partial charge in [0.25, 0.3) is 0 Å². The maximum absolute atomic E-state index is 12.8. The van der Waals surface area contributed by atoms with E-state index in [-0.39, 0.29) is 18.2 Å². The molecule has 1 N–H and O–H groups in total. The smallest absolute Gasteiger partial charge is 0.164 e. The lowest BCUT2D eigenvalue weighted by molar-refractivity contribution is 0.0977. The monoisotopic (exact) mass is 535 g/mol. The van der Waals surface area contributed by atoms with Gasteiger partial charge in [-0.2, -0.15) is 0 Å². The number of methoxy groups -OCH3 is 1. The molecule has 0 unspecified atom stereocenters. The quantitative estimate of drug-likeness (QED) is 0.239. The summed E-state index contributed by atoms with van der Waals surface area (Å²) in [5.74, 6) is 1.02. The second-order valence-electron chi connectivity index (χ2n) is 8.73. The molecule has 0 saturated carbocycles. The minimum absolute atomic E-state index is 0. The third-order valence-electron chi connectivity index (χ3n) is 6.49. The number of ether oxygens (including phenoxy) is 1. The Labute approximate surface area is 223 Å². The van der Waals surface area contributed by atoms with Crippen LogP contribution in [0.1, 0.15) is 35.3 Å². The molecule has 3 aromatic rings. The molecule has 1 saturated heterocycles. The van der Waals surface area contributed by atoms with Crippen molar-refractivity contribution in [2.45, 2.75) is 26.2 Å². The lowest BCUT2D eigenvalue weighted by atomic mass is 10.0. The van der Waals surface area contributed by atoms with Crippen LogP contribution in [0.5, 0.6) is 5.75 Å². The number of ketones is 1. The molecule has 2 heterocycles. The van der Waals surface area contributed by atoms with Crippen LogP contribution in [0.2, 0.25) is 10.0 Å². The third kappa shape index (κ3) is 6.73. The Kier molecular flexibility index (Phi) is 9.93. The molecular weight excluding hydrogens is 505 g/mol. The van der Waals surface area contributed by atoms with Crippen LogP contribution in [0.25, 0.3) is 11.3 Å². The highest BCUT2D eigenvalue weighted by Gasteiger charge is 2.20. The standard InChI is InChI=1S/C27H31Cl2N3O2.ClH/c1-19-22(18-24(30-19)20-9-11-21(34-2)12-10-20)26(33)8-3-4-13-31-14-16-32(17-15-31)25-7-5-6-23(28)27(25)29;/h5-7,9-12,18,30H,3-4,8,13-17H2,1-2H3;1H. The van der Waals surface area contributed by atoms with Crippen LogP contribution >= 0.6 is 35.6 Å². The van der Waals surface area contributed by atoms with Crippen molar-refractivity contribution < 1.29 is 9.53 Å². The molecule has 188 valence electrons. The summed E-state index contributed by atoms with van der Waals surface area (Å²) in [5, 5.41) is 1.23. The summed E-state index contributed by atoms with van der Waals surface area (Å²) in [6.45, 7) is 6.79. The van der Waals surface area contributed by atoms with Gasteiger partial charge in [0, 0.05) is 49.6 Å². The summed E-state index contributed by atoms with van der Waals surface area (Å²) in [6.07, 6.45) is 2.47. The van der Waals surface area contributed by atoms with Gasteiger partial charge in [0.05, 0.1) is 22.8 Å².